The van der Waals surface area contributed by atoms with E-state index >= 15 is 0 Å². The van der Waals surface area contributed by atoms with Crippen molar-refractivity contribution in [1.29, 1.82) is 0 Å². The minimum absolute atomic E-state index is 0.127. The summed E-state index contributed by atoms with van der Waals surface area (Å²) in [7, 11) is 1.58. The molecule has 0 unspecified atom stereocenters. The highest BCUT2D eigenvalue weighted by Gasteiger charge is 2.13. The van der Waals surface area contributed by atoms with E-state index in [2.05, 4.69) is 15.2 Å². The van der Waals surface area contributed by atoms with Gasteiger partial charge in [0.1, 0.15) is 12.3 Å². The first kappa shape index (κ1) is 13.0. The Balaban J connectivity index is 1.90. The summed E-state index contributed by atoms with van der Waals surface area (Å²) >= 11 is 0. The van der Waals surface area contributed by atoms with Gasteiger partial charge in [-0.2, -0.15) is 10.1 Å². The second-order valence-corrected chi connectivity index (χ2v) is 4.23. The number of ether oxygens (including phenoxy) is 1. The average Bonchev–Trinajstić information content (AvgIpc) is 2.98. The fourth-order valence-electron chi connectivity index (χ4n) is 1.89. The van der Waals surface area contributed by atoms with Gasteiger partial charge >= 0.3 is 0 Å². The molecule has 0 saturated carbocycles. The van der Waals surface area contributed by atoms with E-state index in [1.54, 1.807) is 13.2 Å². The zero-order valence-corrected chi connectivity index (χ0v) is 11.3. The van der Waals surface area contributed by atoms with Crippen LogP contribution in [0.15, 0.2) is 51.9 Å². The number of nitrogens with zero attached hydrogens (tertiary/aromatic N) is 4. The fraction of sp³-hybridized carbons (Fsp3) is 0.143. The van der Waals surface area contributed by atoms with Crippen molar-refractivity contribution in [2.75, 3.05) is 7.11 Å². The molecule has 106 valence electrons. The third-order valence-corrected chi connectivity index (χ3v) is 2.89. The molecule has 0 spiro atoms. The van der Waals surface area contributed by atoms with Gasteiger partial charge in [0.25, 0.3) is 5.56 Å². The predicted octanol–water partition coefficient (Wildman–Crippen LogP) is 1.35. The topological polar surface area (TPSA) is 83.0 Å². The molecular formula is C14H12N4O3. The van der Waals surface area contributed by atoms with Crippen LogP contribution in [-0.2, 0) is 6.54 Å². The normalized spacial score (nSPS) is 10.5. The van der Waals surface area contributed by atoms with E-state index in [9.17, 15) is 4.79 Å². The molecule has 0 saturated heterocycles. The molecule has 3 aromatic rings. The maximum absolute atomic E-state index is 11.6. The average molecular weight is 284 g/mol. The van der Waals surface area contributed by atoms with Crippen molar-refractivity contribution in [3.63, 3.8) is 0 Å². The summed E-state index contributed by atoms with van der Waals surface area (Å²) in [4.78, 5) is 15.9. The standard InChI is InChI=1S/C14H12N4O3/c1-20-11-6-3-2-5-10(11)14-16-12(21-17-14)9-18-13(19)7-4-8-15-18/h2-8H,9H2,1H3. The van der Waals surface area contributed by atoms with Crippen LogP contribution in [-0.4, -0.2) is 27.0 Å². The van der Waals surface area contributed by atoms with E-state index in [0.29, 0.717) is 17.5 Å². The maximum atomic E-state index is 11.6. The smallest absolute Gasteiger partial charge is 0.267 e. The van der Waals surface area contributed by atoms with Crippen LogP contribution >= 0.6 is 0 Å². The lowest BCUT2D eigenvalue weighted by molar-refractivity contribution is 0.362. The zero-order valence-electron chi connectivity index (χ0n) is 11.3. The summed E-state index contributed by atoms with van der Waals surface area (Å²) < 4.78 is 11.7. The van der Waals surface area contributed by atoms with Gasteiger partial charge in [0.15, 0.2) is 0 Å². The van der Waals surface area contributed by atoms with Gasteiger partial charge in [-0.25, -0.2) is 4.68 Å². The van der Waals surface area contributed by atoms with Gasteiger partial charge in [-0.05, 0) is 18.2 Å². The molecule has 21 heavy (non-hydrogen) atoms. The number of para-hydroxylation sites is 1. The van der Waals surface area contributed by atoms with Crippen molar-refractivity contribution in [3.05, 3.63) is 58.8 Å². The summed E-state index contributed by atoms with van der Waals surface area (Å²) in [6, 6.07) is 10.4. The van der Waals surface area contributed by atoms with Crippen molar-refractivity contribution >= 4 is 0 Å². The Morgan fingerprint density at radius 1 is 1.24 bits per heavy atom. The summed E-state index contributed by atoms with van der Waals surface area (Å²) in [5.41, 5.74) is 0.498. The van der Waals surface area contributed by atoms with Gasteiger partial charge in [0.05, 0.1) is 12.7 Å². The quantitative estimate of drug-likeness (QED) is 0.719. The molecule has 0 bridgehead atoms. The number of benzene rings is 1. The highest BCUT2D eigenvalue weighted by atomic mass is 16.5. The van der Waals surface area contributed by atoms with Gasteiger partial charge < -0.3 is 9.26 Å². The Morgan fingerprint density at radius 2 is 2.10 bits per heavy atom. The number of aromatic nitrogens is 4. The monoisotopic (exact) mass is 284 g/mol. The predicted molar refractivity (Wildman–Crippen MR) is 73.9 cm³/mol. The fourth-order valence-corrected chi connectivity index (χ4v) is 1.89. The molecule has 0 aliphatic rings. The molecule has 0 aliphatic carbocycles. The van der Waals surface area contributed by atoms with Crippen LogP contribution < -0.4 is 10.3 Å². The summed E-state index contributed by atoms with van der Waals surface area (Å²) in [5.74, 6) is 1.36. The molecule has 0 aliphatic heterocycles. The minimum atomic E-state index is -0.227. The molecular weight excluding hydrogens is 272 g/mol. The first-order valence-corrected chi connectivity index (χ1v) is 6.26. The number of methoxy groups -OCH3 is 1. The van der Waals surface area contributed by atoms with Crippen LogP contribution in [0.1, 0.15) is 5.89 Å². The second kappa shape index (κ2) is 5.58. The van der Waals surface area contributed by atoms with Crippen molar-refractivity contribution in [2.24, 2.45) is 0 Å². The third kappa shape index (κ3) is 2.66. The van der Waals surface area contributed by atoms with E-state index in [0.717, 1.165) is 5.56 Å². The van der Waals surface area contributed by atoms with Gasteiger partial charge in [-0.15, -0.1) is 0 Å². The SMILES string of the molecule is COc1ccccc1-c1noc(Cn2ncccc2=O)n1. The Bertz CT molecular complexity index is 809. The Kier molecular flexibility index (Phi) is 3.46. The van der Waals surface area contributed by atoms with Gasteiger partial charge in [0, 0.05) is 12.3 Å². The van der Waals surface area contributed by atoms with Crippen LogP contribution in [0.25, 0.3) is 11.4 Å². The summed E-state index contributed by atoms with van der Waals surface area (Å²) in [6.45, 7) is 0.127. The van der Waals surface area contributed by atoms with Gasteiger partial charge in [-0.1, -0.05) is 17.3 Å². The van der Waals surface area contributed by atoms with E-state index in [4.69, 9.17) is 9.26 Å². The maximum Gasteiger partial charge on any atom is 0.267 e. The number of hydrogen-bond donors (Lipinski definition) is 0. The molecule has 0 atom stereocenters. The van der Waals surface area contributed by atoms with Gasteiger partial charge in [0.2, 0.25) is 11.7 Å². The molecule has 2 heterocycles. The molecule has 1 aromatic carbocycles. The van der Waals surface area contributed by atoms with Crippen molar-refractivity contribution in [1.82, 2.24) is 19.9 Å². The molecule has 0 N–H and O–H groups in total. The van der Waals surface area contributed by atoms with E-state index in [1.165, 1.54) is 16.9 Å². The first-order valence-electron chi connectivity index (χ1n) is 6.26. The molecule has 0 amide bonds. The Morgan fingerprint density at radius 3 is 2.90 bits per heavy atom. The zero-order chi connectivity index (χ0) is 14.7. The molecule has 7 heteroatoms. The lowest BCUT2D eigenvalue weighted by atomic mass is 10.2. The molecule has 2 aromatic heterocycles. The number of rotatable bonds is 4. The van der Waals surface area contributed by atoms with E-state index in [1.807, 2.05) is 24.3 Å². The van der Waals surface area contributed by atoms with Crippen molar-refractivity contribution in [3.8, 4) is 17.1 Å². The lowest BCUT2D eigenvalue weighted by Crippen LogP contribution is -2.21. The van der Waals surface area contributed by atoms with Crippen LogP contribution in [0.3, 0.4) is 0 Å². The largest absolute Gasteiger partial charge is 0.496 e. The summed E-state index contributed by atoms with van der Waals surface area (Å²) in [5, 5.41) is 7.85. The highest BCUT2D eigenvalue weighted by Crippen LogP contribution is 2.26. The highest BCUT2D eigenvalue weighted by molar-refractivity contribution is 5.63. The van der Waals surface area contributed by atoms with Crippen LogP contribution in [0.2, 0.25) is 0 Å². The molecule has 3 rings (SSSR count). The third-order valence-electron chi connectivity index (χ3n) is 2.89. The Hall–Kier alpha value is -2.96. The van der Waals surface area contributed by atoms with Crippen molar-refractivity contribution < 1.29 is 9.26 Å². The Labute approximate surface area is 119 Å². The molecule has 0 radical (unpaired) electrons. The summed E-state index contributed by atoms with van der Waals surface area (Å²) in [6.07, 6.45) is 1.53. The number of hydrogen-bond acceptors (Lipinski definition) is 6. The van der Waals surface area contributed by atoms with Crippen molar-refractivity contribution in [2.45, 2.75) is 6.54 Å². The van der Waals surface area contributed by atoms with Gasteiger partial charge in [-0.3, -0.25) is 4.79 Å². The first-order chi connectivity index (χ1) is 10.3. The van der Waals surface area contributed by atoms with Crippen LogP contribution in [0, 0.1) is 0 Å². The lowest BCUT2D eigenvalue weighted by Gasteiger charge is -2.03. The minimum Gasteiger partial charge on any atom is -0.496 e. The van der Waals surface area contributed by atoms with Crippen LogP contribution in [0.4, 0.5) is 0 Å². The second-order valence-electron chi connectivity index (χ2n) is 4.23. The van der Waals surface area contributed by atoms with E-state index in [-0.39, 0.29) is 12.1 Å². The molecule has 0 fully saturated rings. The van der Waals surface area contributed by atoms with E-state index < -0.39 is 0 Å². The molecule has 7 nitrogen and oxygen atoms in total. The van der Waals surface area contributed by atoms with Crippen LogP contribution in [0.5, 0.6) is 5.75 Å².